The van der Waals surface area contributed by atoms with Crippen LogP contribution in [0.5, 0.6) is 0 Å². The van der Waals surface area contributed by atoms with Crippen molar-refractivity contribution < 1.29 is 19.1 Å². The summed E-state index contributed by atoms with van der Waals surface area (Å²) in [5, 5.41) is 0.0240. The largest absolute Gasteiger partial charge is 0.465 e. The molecule has 1 aromatic rings. The first-order chi connectivity index (χ1) is 13.5. The number of halogens is 1. The Morgan fingerprint density at radius 1 is 1.38 bits per heavy atom. The highest BCUT2D eigenvalue weighted by Gasteiger charge is 2.38. The van der Waals surface area contributed by atoms with E-state index >= 15 is 0 Å². The van der Waals surface area contributed by atoms with Gasteiger partial charge in [0.05, 0.1) is 11.5 Å². The molecule has 2 heterocycles. The van der Waals surface area contributed by atoms with Gasteiger partial charge in [0, 0.05) is 23.3 Å². The maximum atomic E-state index is 12.6. The molecule has 1 saturated heterocycles. The quantitative estimate of drug-likeness (QED) is 0.505. The second kappa shape index (κ2) is 8.03. The van der Waals surface area contributed by atoms with E-state index in [0.717, 1.165) is 34.3 Å². The summed E-state index contributed by atoms with van der Waals surface area (Å²) in [5.41, 5.74) is 2.94. The summed E-state index contributed by atoms with van der Waals surface area (Å²) < 4.78 is 4.83. The summed E-state index contributed by atoms with van der Waals surface area (Å²) in [7, 11) is 2.06. The smallest absolute Gasteiger partial charge is 0.326 e. The Morgan fingerprint density at radius 3 is 2.72 bits per heavy atom. The number of rotatable bonds is 4. The number of carbonyl (C=O) groups is 3. The molecule has 6 nitrogen and oxygen atoms in total. The molecule has 1 atom stereocenters. The number of ether oxygens (including phenoxy) is 1. The molecule has 2 aliphatic rings. The second-order valence-corrected chi connectivity index (χ2v) is 9.38. The van der Waals surface area contributed by atoms with E-state index in [1.165, 1.54) is 0 Å². The van der Waals surface area contributed by atoms with Crippen molar-refractivity contribution in [1.82, 2.24) is 4.90 Å². The van der Waals surface area contributed by atoms with Gasteiger partial charge in [-0.05, 0) is 74.2 Å². The monoisotopic (exact) mass is 436 g/mol. The number of amides is 2. The van der Waals surface area contributed by atoms with E-state index in [2.05, 4.69) is 32.7 Å². The van der Waals surface area contributed by atoms with E-state index in [1.807, 2.05) is 12.1 Å². The van der Waals surface area contributed by atoms with E-state index in [-0.39, 0.29) is 23.6 Å². The van der Waals surface area contributed by atoms with Crippen LogP contribution in [-0.2, 0) is 14.3 Å². The number of esters is 1. The van der Waals surface area contributed by atoms with E-state index in [0.29, 0.717) is 16.5 Å². The van der Waals surface area contributed by atoms with Crippen molar-refractivity contribution in [2.75, 3.05) is 25.1 Å². The molecule has 0 spiro atoms. The Bertz CT molecular complexity index is 912. The zero-order valence-electron chi connectivity index (χ0n) is 17.2. The van der Waals surface area contributed by atoms with Gasteiger partial charge < -0.3 is 9.64 Å². The molecule has 0 unspecified atom stereocenters. The zero-order chi connectivity index (χ0) is 21.5. The minimum Gasteiger partial charge on any atom is -0.465 e. The molecule has 0 radical (unpaired) electrons. The summed E-state index contributed by atoms with van der Waals surface area (Å²) >= 11 is 7.33. The zero-order valence-corrected chi connectivity index (χ0v) is 18.8. The van der Waals surface area contributed by atoms with Crippen LogP contribution in [0, 0.1) is 0 Å². The van der Waals surface area contributed by atoms with Gasteiger partial charge in [-0.3, -0.25) is 19.3 Å². The van der Waals surface area contributed by atoms with E-state index < -0.39 is 17.1 Å². The highest BCUT2D eigenvalue weighted by molar-refractivity contribution is 8.18. The number of fused-ring (bicyclic) bond motifs is 1. The van der Waals surface area contributed by atoms with Crippen LogP contribution in [0.1, 0.15) is 51.2 Å². The molecule has 0 aliphatic carbocycles. The fourth-order valence-electron chi connectivity index (χ4n) is 3.83. The Labute approximate surface area is 180 Å². The maximum Gasteiger partial charge on any atom is 0.326 e. The molecule has 1 aromatic carbocycles. The van der Waals surface area contributed by atoms with Crippen molar-refractivity contribution in [3.63, 3.8) is 0 Å². The lowest BCUT2D eigenvalue weighted by molar-refractivity contribution is -0.145. The number of benzene rings is 1. The maximum absolute atomic E-state index is 12.6. The van der Waals surface area contributed by atoms with E-state index in [9.17, 15) is 14.4 Å². The van der Waals surface area contributed by atoms with Gasteiger partial charge in [0.2, 0.25) is 0 Å². The van der Waals surface area contributed by atoms with Gasteiger partial charge in [-0.15, -0.1) is 0 Å². The van der Waals surface area contributed by atoms with Crippen LogP contribution in [0.4, 0.5) is 10.5 Å². The molecular weight excluding hydrogens is 412 g/mol. The van der Waals surface area contributed by atoms with Crippen molar-refractivity contribution in [3.8, 4) is 0 Å². The molecule has 2 amide bonds. The molecule has 2 aliphatic heterocycles. The molecule has 29 heavy (non-hydrogen) atoms. The predicted octanol–water partition coefficient (Wildman–Crippen LogP) is 4.66. The molecular formula is C21H25ClN2O4S. The molecule has 156 valence electrons. The van der Waals surface area contributed by atoms with Crippen LogP contribution >= 0.6 is 23.4 Å². The number of hydrogen-bond acceptors (Lipinski definition) is 6. The Morgan fingerprint density at radius 2 is 2.07 bits per heavy atom. The summed E-state index contributed by atoms with van der Waals surface area (Å²) in [6.45, 7) is 8.06. The van der Waals surface area contributed by atoms with Crippen LogP contribution in [0.15, 0.2) is 17.0 Å². The summed E-state index contributed by atoms with van der Waals surface area (Å²) in [6, 6.07) is 3.91. The number of anilines is 1. The summed E-state index contributed by atoms with van der Waals surface area (Å²) in [5.74, 6) is -0.782. The lowest BCUT2D eigenvalue weighted by Crippen LogP contribution is -2.45. The fourth-order valence-corrected chi connectivity index (χ4v) is 4.87. The molecule has 0 bridgehead atoms. The Kier molecular flexibility index (Phi) is 6.01. The van der Waals surface area contributed by atoms with Crippen LogP contribution in [0.2, 0.25) is 5.02 Å². The van der Waals surface area contributed by atoms with Crippen LogP contribution in [0.25, 0.3) is 6.08 Å². The minimum absolute atomic E-state index is 0.0208. The van der Waals surface area contributed by atoms with Crippen molar-refractivity contribution in [1.29, 1.82) is 0 Å². The number of carbonyl (C=O) groups excluding carboxylic acids is 3. The number of thioether (sulfide) groups is 1. The third kappa shape index (κ3) is 4.16. The fraction of sp³-hybridized carbons (Fsp3) is 0.476. The third-order valence-corrected chi connectivity index (χ3v) is 6.74. The summed E-state index contributed by atoms with van der Waals surface area (Å²) in [4.78, 5) is 39.9. The molecule has 0 N–H and O–H groups in total. The average Bonchev–Trinajstić information content (AvgIpc) is 2.88. The van der Waals surface area contributed by atoms with Gasteiger partial charge in [0.1, 0.15) is 6.54 Å². The molecule has 0 aromatic heterocycles. The van der Waals surface area contributed by atoms with Crippen molar-refractivity contribution >= 4 is 52.2 Å². The first kappa shape index (κ1) is 21.7. The summed E-state index contributed by atoms with van der Waals surface area (Å²) in [6.07, 6.45) is 2.62. The van der Waals surface area contributed by atoms with Gasteiger partial charge in [-0.25, -0.2) is 0 Å². The van der Waals surface area contributed by atoms with E-state index in [4.69, 9.17) is 16.3 Å². The van der Waals surface area contributed by atoms with Gasteiger partial charge in [0.15, 0.2) is 0 Å². The molecule has 8 heteroatoms. The third-order valence-electron chi connectivity index (χ3n) is 5.50. The predicted molar refractivity (Wildman–Crippen MR) is 116 cm³/mol. The number of imide groups is 1. The Hall–Kier alpha value is -1.99. The highest BCUT2D eigenvalue weighted by atomic mass is 35.5. The normalized spacial score (nSPS) is 22.3. The lowest BCUT2D eigenvalue weighted by atomic mass is 9.80. The van der Waals surface area contributed by atoms with Gasteiger partial charge in [0.25, 0.3) is 11.1 Å². The first-order valence-electron chi connectivity index (χ1n) is 9.53. The van der Waals surface area contributed by atoms with E-state index in [1.54, 1.807) is 13.0 Å². The number of nitrogens with zero attached hydrogens (tertiary/aromatic N) is 2. The standard InChI is InChI=1S/C21H25ClN2O4S/c1-6-28-18(25)11-24-19(26)17(29-20(24)27)8-13-7-14-12(2)10-21(3,4)23(5)16(14)9-15(13)22/h7-9,12H,6,10-11H2,1-5H3/b17-8+/t12-/m1/s1. The van der Waals surface area contributed by atoms with Crippen LogP contribution < -0.4 is 4.90 Å². The first-order valence-corrected chi connectivity index (χ1v) is 10.7. The van der Waals surface area contributed by atoms with Crippen molar-refractivity contribution in [3.05, 3.63) is 33.2 Å². The van der Waals surface area contributed by atoms with Crippen molar-refractivity contribution in [2.45, 2.75) is 45.6 Å². The molecule has 1 fully saturated rings. The van der Waals surface area contributed by atoms with Gasteiger partial charge >= 0.3 is 5.97 Å². The average molecular weight is 437 g/mol. The van der Waals surface area contributed by atoms with Gasteiger partial charge in [-0.1, -0.05) is 18.5 Å². The van der Waals surface area contributed by atoms with Crippen LogP contribution in [-0.4, -0.2) is 47.8 Å². The second-order valence-electron chi connectivity index (χ2n) is 7.98. The SMILES string of the molecule is CCOC(=O)CN1C(=O)S/C(=C/c2cc3c(cc2Cl)N(C)C(C)(C)C[C@H]3C)C1=O. The molecule has 3 rings (SSSR count). The lowest BCUT2D eigenvalue weighted by Gasteiger charge is -2.45. The number of hydrogen-bond donors (Lipinski definition) is 0. The van der Waals surface area contributed by atoms with Crippen molar-refractivity contribution in [2.24, 2.45) is 0 Å². The van der Waals surface area contributed by atoms with Crippen LogP contribution in [0.3, 0.4) is 0 Å². The highest BCUT2D eigenvalue weighted by Crippen LogP contribution is 2.45. The Balaban J connectivity index is 1.92. The topological polar surface area (TPSA) is 66.9 Å². The van der Waals surface area contributed by atoms with Gasteiger partial charge in [-0.2, -0.15) is 0 Å². The minimum atomic E-state index is -0.609. The molecule has 0 saturated carbocycles.